The fraction of sp³-hybridized carbons (Fsp3) is 0.167. The third kappa shape index (κ3) is 6.18. The fourth-order valence-electron chi connectivity index (χ4n) is 2.93. The highest BCUT2D eigenvalue weighted by Crippen LogP contribution is 2.30. The van der Waals surface area contributed by atoms with E-state index < -0.39 is 0 Å². The molecule has 5 nitrogen and oxygen atoms in total. The van der Waals surface area contributed by atoms with Crippen LogP contribution in [0.2, 0.25) is 0 Å². The van der Waals surface area contributed by atoms with Gasteiger partial charge in [0.15, 0.2) is 8.68 Å². The van der Waals surface area contributed by atoms with Crippen molar-refractivity contribution in [1.82, 2.24) is 15.6 Å². The summed E-state index contributed by atoms with van der Waals surface area (Å²) in [6.07, 6.45) is 0. The number of amides is 1. The molecule has 32 heavy (non-hydrogen) atoms. The quantitative estimate of drug-likeness (QED) is 0.193. The van der Waals surface area contributed by atoms with Crippen LogP contribution < -0.4 is 5.43 Å². The Kier molecular flexibility index (Phi) is 7.57. The second-order valence-corrected chi connectivity index (χ2v) is 10.6. The van der Waals surface area contributed by atoms with Crippen LogP contribution in [0.4, 0.5) is 0 Å². The number of hydrogen-bond acceptors (Lipinski definition) is 7. The van der Waals surface area contributed by atoms with Gasteiger partial charge in [-0.05, 0) is 41.8 Å². The van der Waals surface area contributed by atoms with E-state index in [9.17, 15) is 4.79 Å². The predicted octanol–water partition coefficient (Wildman–Crippen LogP) is 5.92. The summed E-state index contributed by atoms with van der Waals surface area (Å²) in [5.41, 5.74) is 6.89. The molecule has 0 aliphatic heterocycles. The summed E-state index contributed by atoms with van der Waals surface area (Å²) >= 11 is 4.54. The van der Waals surface area contributed by atoms with Gasteiger partial charge in [0.1, 0.15) is 0 Å². The minimum absolute atomic E-state index is 0.167. The molecule has 1 amide bonds. The maximum absolute atomic E-state index is 12.2. The summed E-state index contributed by atoms with van der Waals surface area (Å²) in [6.45, 7) is 3.97. The number of carbonyl (C=O) groups is 1. The molecule has 0 aliphatic rings. The lowest BCUT2D eigenvalue weighted by Crippen LogP contribution is -2.21. The number of aryl methyl sites for hydroxylation is 1. The van der Waals surface area contributed by atoms with Gasteiger partial charge in [-0.1, -0.05) is 101 Å². The Labute approximate surface area is 199 Å². The predicted molar refractivity (Wildman–Crippen MR) is 136 cm³/mol. The second-order valence-electron chi connectivity index (χ2n) is 7.19. The van der Waals surface area contributed by atoms with Gasteiger partial charge in [0.05, 0.1) is 11.5 Å². The number of hydrogen-bond donors (Lipinski definition) is 1. The number of thioether (sulfide) groups is 2. The van der Waals surface area contributed by atoms with Crippen LogP contribution in [0.3, 0.4) is 0 Å². The first-order chi connectivity index (χ1) is 15.6. The first-order valence-electron chi connectivity index (χ1n) is 10.0. The fourth-order valence-corrected chi connectivity index (χ4v) is 5.70. The van der Waals surface area contributed by atoms with Crippen LogP contribution in [-0.2, 0) is 10.5 Å². The van der Waals surface area contributed by atoms with Crippen molar-refractivity contribution >= 4 is 57.3 Å². The Hall–Kier alpha value is -2.68. The van der Waals surface area contributed by atoms with Gasteiger partial charge in [-0.2, -0.15) is 5.10 Å². The second kappa shape index (κ2) is 10.8. The van der Waals surface area contributed by atoms with Crippen LogP contribution in [0.15, 0.2) is 80.5 Å². The Morgan fingerprint density at radius 3 is 2.47 bits per heavy atom. The lowest BCUT2D eigenvalue weighted by atomic mass is 10.0. The maximum atomic E-state index is 12.2. The zero-order valence-electron chi connectivity index (χ0n) is 17.7. The lowest BCUT2D eigenvalue weighted by molar-refractivity contribution is -0.118. The van der Waals surface area contributed by atoms with E-state index in [0.717, 1.165) is 31.1 Å². The summed E-state index contributed by atoms with van der Waals surface area (Å²) in [5.74, 6) is 0.924. The van der Waals surface area contributed by atoms with Crippen molar-refractivity contribution in [2.24, 2.45) is 5.10 Å². The number of aromatic nitrogens is 2. The molecule has 0 atom stereocenters. The number of rotatable bonds is 8. The smallest absolute Gasteiger partial charge is 0.250 e. The molecule has 1 heterocycles. The average molecular weight is 479 g/mol. The van der Waals surface area contributed by atoms with Gasteiger partial charge in [-0.3, -0.25) is 4.79 Å². The highest BCUT2D eigenvalue weighted by Gasteiger charge is 2.09. The molecule has 0 radical (unpaired) electrons. The van der Waals surface area contributed by atoms with E-state index in [-0.39, 0.29) is 11.7 Å². The first-order valence-corrected chi connectivity index (χ1v) is 12.8. The van der Waals surface area contributed by atoms with Gasteiger partial charge in [0.2, 0.25) is 0 Å². The molecule has 1 aromatic heterocycles. The maximum Gasteiger partial charge on any atom is 0.250 e. The standard InChI is InChI=1S/C24H22N4OS3/c1-16-7-9-18(10-8-16)14-30-23-27-28-24(32-23)31-15-22(29)26-25-17(2)20-12-11-19-5-3-4-6-21(19)13-20/h3-13H,14-15H2,1-2H3,(H,26,29)/b25-17-. The summed E-state index contributed by atoms with van der Waals surface area (Å²) in [7, 11) is 0. The molecule has 1 N–H and O–H groups in total. The number of carbonyl (C=O) groups excluding carboxylic acids is 1. The average Bonchev–Trinajstić information content (AvgIpc) is 3.28. The van der Waals surface area contributed by atoms with Crippen molar-refractivity contribution in [2.45, 2.75) is 28.3 Å². The lowest BCUT2D eigenvalue weighted by Gasteiger charge is -2.04. The number of hydrazone groups is 1. The van der Waals surface area contributed by atoms with Gasteiger partial charge < -0.3 is 0 Å². The minimum Gasteiger partial charge on any atom is -0.272 e. The zero-order valence-corrected chi connectivity index (χ0v) is 20.2. The molecular weight excluding hydrogens is 456 g/mol. The van der Waals surface area contributed by atoms with Gasteiger partial charge in [0.25, 0.3) is 5.91 Å². The number of nitrogens with one attached hydrogen (secondary N) is 1. The molecule has 0 saturated heterocycles. The molecule has 0 aliphatic carbocycles. The normalized spacial score (nSPS) is 11.6. The van der Waals surface area contributed by atoms with E-state index in [2.05, 4.69) is 76.2 Å². The van der Waals surface area contributed by atoms with Crippen molar-refractivity contribution < 1.29 is 4.79 Å². The topological polar surface area (TPSA) is 67.2 Å². The van der Waals surface area contributed by atoms with Gasteiger partial charge in [-0.15, -0.1) is 10.2 Å². The molecule has 8 heteroatoms. The summed E-state index contributed by atoms with van der Waals surface area (Å²) in [6, 6.07) is 22.8. The molecule has 3 aromatic carbocycles. The molecule has 0 bridgehead atoms. The van der Waals surface area contributed by atoms with Crippen molar-refractivity contribution in [3.8, 4) is 0 Å². The van der Waals surface area contributed by atoms with Crippen LogP contribution in [0.25, 0.3) is 10.8 Å². The van der Waals surface area contributed by atoms with E-state index in [1.165, 1.54) is 39.6 Å². The van der Waals surface area contributed by atoms with Crippen LogP contribution in [0.1, 0.15) is 23.6 Å². The first kappa shape index (κ1) is 22.5. The Morgan fingerprint density at radius 1 is 0.969 bits per heavy atom. The summed E-state index contributed by atoms with van der Waals surface area (Å²) < 4.78 is 1.68. The van der Waals surface area contributed by atoms with Crippen molar-refractivity contribution in [3.05, 3.63) is 83.4 Å². The van der Waals surface area contributed by atoms with Crippen molar-refractivity contribution in [3.63, 3.8) is 0 Å². The highest BCUT2D eigenvalue weighted by molar-refractivity contribution is 8.03. The van der Waals surface area contributed by atoms with E-state index in [1.807, 2.05) is 25.1 Å². The summed E-state index contributed by atoms with van der Waals surface area (Å²) in [5, 5.41) is 15.0. The minimum atomic E-state index is -0.167. The summed E-state index contributed by atoms with van der Waals surface area (Å²) in [4.78, 5) is 12.2. The van der Waals surface area contributed by atoms with Crippen molar-refractivity contribution in [2.75, 3.05) is 5.75 Å². The highest BCUT2D eigenvalue weighted by atomic mass is 32.2. The van der Waals surface area contributed by atoms with E-state index >= 15 is 0 Å². The molecule has 0 spiro atoms. The van der Waals surface area contributed by atoms with Crippen LogP contribution in [0, 0.1) is 6.92 Å². The number of nitrogens with zero attached hydrogens (tertiary/aromatic N) is 3. The molecule has 4 aromatic rings. The van der Waals surface area contributed by atoms with E-state index in [4.69, 9.17) is 0 Å². The van der Waals surface area contributed by atoms with Crippen LogP contribution in [0.5, 0.6) is 0 Å². The van der Waals surface area contributed by atoms with Gasteiger partial charge in [-0.25, -0.2) is 5.43 Å². The Balaban J connectivity index is 1.25. The Bertz CT molecular complexity index is 1250. The molecule has 0 fully saturated rings. The van der Waals surface area contributed by atoms with Crippen LogP contribution in [-0.4, -0.2) is 27.6 Å². The Morgan fingerprint density at radius 2 is 1.69 bits per heavy atom. The monoisotopic (exact) mass is 478 g/mol. The molecular formula is C24H22N4OS3. The van der Waals surface area contributed by atoms with Gasteiger partial charge in [0, 0.05) is 5.75 Å². The molecule has 4 rings (SSSR count). The molecule has 0 unspecified atom stereocenters. The van der Waals surface area contributed by atoms with E-state index in [1.54, 1.807) is 11.8 Å². The number of benzene rings is 3. The van der Waals surface area contributed by atoms with E-state index in [0.29, 0.717) is 0 Å². The SMILES string of the molecule is C/C(=N/NC(=O)CSc1nnc(SCc2ccc(C)cc2)s1)c1ccc2ccccc2c1. The zero-order chi connectivity index (χ0) is 22.3. The van der Waals surface area contributed by atoms with Gasteiger partial charge >= 0.3 is 0 Å². The number of fused-ring (bicyclic) bond motifs is 1. The third-order valence-electron chi connectivity index (χ3n) is 4.71. The molecule has 162 valence electrons. The third-order valence-corrected chi connectivity index (χ3v) is 7.97. The molecule has 0 saturated carbocycles. The van der Waals surface area contributed by atoms with Crippen LogP contribution >= 0.6 is 34.9 Å². The largest absolute Gasteiger partial charge is 0.272 e. The van der Waals surface area contributed by atoms with Crippen molar-refractivity contribution in [1.29, 1.82) is 0 Å².